The van der Waals surface area contributed by atoms with Gasteiger partial charge in [0.1, 0.15) is 0 Å². The van der Waals surface area contributed by atoms with Gasteiger partial charge in [-0.15, -0.1) is 24.0 Å². The van der Waals surface area contributed by atoms with Gasteiger partial charge in [-0.2, -0.15) is 11.8 Å². The Morgan fingerprint density at radius 1 is 1.32 bits per heavy atom. The van der Waals surface area contributed by atoms with Gasteiger partial charge < -0.3 is 15.4 Å². The van der Waals surface area contributed by atoms with Crippen LogP contribution in [0.5, 0.6) is 0 Å². The summed E-state index contributed by atoms with van der Waals surface area (Å²) in [5.41, 5.74) is 0.403. The van der Waals surface area contributed by atoms with Gasteiger partial charge in [-0.05, 0) is 50.2 Å². The lowest BCUT2D eigenvalue weighted by Gasteiger charge is -2.40. The molecule has 1 aliphatic carbocycles. The van der Waals surface area contributed by atoms with E-state index in [0.29, 0.717) is 5.41 Å². The smallest absolute Gasteiger partial charge is 0.191 e. The van der Waals surface area contributed by atoms with Gasteiger partial charge in [0.05, 0.1) is 0 Å². The molecule has 2 N–H and O–H groups in total. The van der Waals surface area contributed by atoms with E-state index in [1.165, 1.54) is 37.9 Å². The van der Waals surface area contributed by atoms with Gasteiger partial charge in [0, 0.05) is 38.6 Å². The SMILES string of the molecule is CCNC(=NCC1(CCOC)CCC1)NCC1CCCS1.I. The maximum Gasteiger partial charge on any atom is 0.191 e. The van der Waals surface area contributed by atoms with E-state index < -0.39 is 0 Å². The van der Waals surface area contributed by atoms with Crippen LogP contribution in [0.3, 0.4) is 0 Å². The molecule has 0 aromatic carbocycles. The second-order valence-electron chi connectivity index (χ2n) is 6.31. The zero-order chi connectivity index (χ0) is 15.0. The van der Waals surface area contributed by atoms with Crippen LogP contribution in [-0.2, 0) is 4.74 Å². The molecule has 2 fully saturated rings. The normalized spacial score (nSPS) is 23.5. The lowest BCUT2D eigenvalue weighted by molar-refractivity contribution is 0.0778. The summed E-state index contributed by atoms with van der Waals surface area (Å²) in [5, 5.41) is 7.67. The molecule has 1 heterocycles. The van der Waals surface area contributed by atoms with E-state index in [4.69, 9.17) is 9.73 Å². The molecular weight excluding hydrogens is 409 g/mol. The van der Waals surface area contributed by atoms with Crippen molar-refractivity contribution >= 4 is 41.7 Å². The highest BCUT2D eigenvalue weighted by molar-refractivity contribution is 14.0. The summed E-state index contributed by atoms with van der Waals surface area (Å²) in [6.45, 7) is 5.89. The molecule has 1 aliphatic heterocycles. The molecule has 6 heteroatoms. The molecule has 4 nitrogen and oxygen atoms in total. The topological polar surface area (TPSA) is 45.7 Å². The van der Waals surface area contributed by atoms with Crippen molar-refractivity contribution in [3.63, 3.8) is 0 Å². The van der Waals surface area contributed by atoms with Crippen LogP contribution in [-0.4, -0.2) is 50.3 Å². The van der Waals surface area contributed by atoms with E-state index >= 15 is 0 Å². The maximum absolute atomic E-state index is 5.26. The molecule has 2 aliphatic rings. The third-order valence-corrected chi connectivity index (χ3v) is 6.09. The number of aliphatic imine (C=N–C) groups is 1. The molecule has 2 rings (SSSR count). The second-order valence-corrected chi connectivity index (χ2v) is 7.72. The van der Waals surface area contributed by atoms with Gasteiger partial charge in [-0.25, -0.2) is 0 Å². The Kier molecular flexibility index (Phi) is 10.1. The number of guanidine groups is 1. The Balaban J connectivity index is 0.00000242. The summed E-state index contributed by atoms with van der Waals surface area (Å²) in [7, 11) is 1.79. The van der Waals surface area contributed by atoms with Gasteiger partial charge in [0.2, 0.25) is 0 Å². The van der Waals surface area contributed by atoms with Gasteiger partial charge in [-0.3, -0.25) is 4.99 Å². The Labute approximate surface area is 157 Å². The van der Waals surface area contributed by atoms with Gasteiger partial charge in [0.15, 0.2) is 5.96 Å². The average molecular weight is 441 g/mol. The molecule has 0 bridgehead atoms. The molecular formula is C16H32IN3OS. The molecule has 1 saturated heterocycles. The first kappa shape index (κ1) is 20.4. The first-order chi connectivity index (χ1) is 10.3. The molecule has 0 amide bonds. The fraction of sp³-hybridized carbons (Fsp3) is 0.938. The number of hydrogen-bond acceptors (Lipinski definition) is 3. The summed E-state index contributed by atoms with van der Waals surface area (Å²) in [5.74, 6) is 2.31. The Morgan fingerprint density at radius 2 is 2.14 bits per heavy atom. The molecule has 1 saturated carbocycles. The monoisotopic (exact) mass is 441 g/mol. The Hall–Kier alpha value is 0.310. The van der Waals surface area contributed by atoms with E-state index in [-0.39, 0.29) is 24.0 Å². The first-order valence-electron chi connectivity index (χ1n) is 8.41. The van der Waals surface area contributed by atoms with Gasteiger partial charge in [-0.1, -0.05) is 6.42 Å². The van der Waals surface area contributed by atoms with Crippen molar-refractivity contribution in [1.29, 1.82) is 0 Å². The zero-order valence-corrected chi connectivity index (χ0v) is 17.2. The zero-order valence-electron chi connectivity index (χ0n) is 14.0. The van der Waals surface area contributed by atoms with Crippen molar-refractivity contribution in [2.75, 3.05) is 39.1 Å². The number of nitrogens with zero attached hydrogens (tertiary/aromatic N) is 1. The van der Waals surface area contributed by atoms with Crippen LogP contribution in [0.1, 0.15) is 45.4 Å². The number of ether oxygens (including phenoxy) is 1. The summed E-state index contributed by atoms with van der Waals surface area (Å²) >= 11 is 2.09. The van der Waals surface area contributed by atoms with Crippen LogP contribution < -0.4 is 10.6 Å². The predicted octanol–water partition coefficient (Wildman–Crippen LogP) is 3.26. The third-order valence-electron chi connectivity index (χ3n) is 4.69. The van der Waals surface area contributed by atoms with Crippen LogP contribution >= 0.6 is 35.7 Å². The van der Waals surface area contributed by atoms with E-state index in [1.54, 1.807) is 7.11 Å². The van der Waals surface area contributed by atoms with Crippen molar-refractivity contribution in [3.05, 3.63) is 0 Å². The lowest BCUT2D eigenvalue weighted by Crippen LogP contribution is -2.42. The molecule has 130 valence electrons. The van der Waals surface area contributed by atoms with Crippen molar-refractivity contribution in [3.8, 4) is 0 Å². The average Bonchev–Trinajstić information content (AvgIpc) is 2.96. The van der Waals surface area contributed by atoms with Crippen molar-refractivity contribution < 1.29 is 4.74 Å². The quantitative estimate of drug-likeness (QED) is 0.345. The summed E-state index contributed by atoms with van der Waals surface area (Å²) in [6, 6.07) is 0. The van der Waals surface area contributed by atoms with E-state index in [1.807, 2.05) is 0 Å². The summed E-state index contributed by atoms with van der Waals surface area (Å²) < 4.78 is 5.26. The molecule has 0 spiro atoms. The third kappa shape index (κ3) is 6.43. The predicted molar refractivity (Wildman–Crippen MR) is 108 cm³/mol. The molecule has 1 atom stereocenters. The number of nitrogens with one attached hydrogen (secondary N) is 2. The van der Waals surface area contributed by atoms with Crippen molar-refractivity contribution in [2.45, 2.75) is 50.7 Å². The molecule has 0 radical (unpaired) electrons. The van der Waals surface area contributed by atoms with E-state index in [0.717, 1.165) is 43.9 Å². The fourth-order valence-corrected chi connectivity index (χ4v) is 4.29. The highest BCUT2D eigenvalue weighted by Gasteiger charge is 2.36. The van der Waals surface area contributed by atoms with Gasteiger partial charge in [0.25, 0.3) is 0 Å². The van der Waals surface area contributed by atoms with Crippen molar-refractivity contribution in [1.82, 2.24) is 10.6 Å². The van der Waals surface area contributed by atoms with E-state index in [9.17, 15) is 0 Å². The second kappa shape index (κ2) is 11.0. The van der Waals surface area contributed by atoms with Crippen molar-refractivity contribution in [2.24, 2.45) is 10.4 Å². The lowest BCUT2D eigenvalue weighted by atomic mass is 9.67. The van der Waals surface area contributed by atoms with Crippen LogP contribution in [0.4, 0.5) is 0 Å². The molecule has 22 heavy (non-hydrogen) atoms. The standard InChI is InChI=1S/C16H31N3OS.HI/c1-3-17-15(18-12-14-6-4-11-21-14)19-13-16(7-5-8-16)9-10-20-2;/h14H,3-13H2,1-2H3,(H2,17,18,19);1H. The highest BCUT2D eigenvalue weighted by Crippen LogP contribution is 2.44. The van der Waals surface area contributed by atoms with Crippen LogP contribution in [0.15, 0.2) is 4.99 Å². The Morgan fingerprint density at radius 3 is 2.68 bits per heavy atom. The minimum Gasteiger partial charge on any atom is -0.385 e. The summed E-state index contributed by atoms with van der Waals surface area (Å²) in [6.07, 6.45) is 7.81. The summed E-state index contributed by atoms with van der Waals surface area (Å²) in [4.78, 5) is 4.85. The molecule has 1 unspecified atom stereocenters. The highest BCUT2D eigenvalue weighted by atomic mass is 127. The van der Waals surface area contributed by atoms with Gasteiger partial charge >= 0.3 is 0 Å². The number of thioether (sulfide) groups is 1. The minimum absolute atomic E-state index is 0. The van der Waals surface area contributed by atoms with E-state index in [2.05, 4.69) is 29.3 Å². The largest absolute Gasteiger partial charge is 0.385 e. The molecule has 0 aromatic rings. The van der Waals surface area contributed by atoms with Crippen LogP contribution in [0.25, 0.3) is 0 Å². The first-order valence-corrected chi connectivity index (χ1v) is 9.45. The Bertz CT molecular complexity index is 331. The number of hydrogen-bond donors (Lipinski definition) is 2. The minimum atomic E-state index is 0. The van der Waals surface area contributed by atoms with Crippen LogP contribution in [0, 0.1) is 5.41 Å². The number of halogens is 1. The molecule has 0 aromatic heterocycles. The fourth-order valence-electron chi connectivity index (χ4n) is 3.09. The number of methoxy groups -OCH3 is 1. The number of rotatable bonds is 8. The maximum atomic E-state index is 5.26. The van der Waals surface area contributed by atoms with Crippen LogP contribution in [0.2, 0.25) is 0 Å².